The molecule has 6 nitrogen and oxygen atoms in total. The number of rotatable bonds is 11. The van der Waals surface area contributed by atoms with E-state index in [1.165, 1.54) is 17.3 Å². The third kappa shape index (κ3) is 6.43. The maximum atomic E-state index is 12.4. The minimum atomic E-state index is 0.00288. The fraction of sp³-hybridized carbons (Fsp3) is 0.348. The van der Waals surface area contributed by atoms with E-state index in [0.717, 1.165) is 29.4 Å². The van der Waals surface area contributed by atoms with Crippen LogP contribution in [0.25, 0.3) is 11.4 Å². The summed E-state index contributed by atoms with van der Waals surface area (Å²) < 4.78 is 7.25. The van der Waals surface area contributed by atoms with Gasteiger partial charge >= 0.3 is 0 Å². The first-order valence-electron chi connectivity index (χ1n) is 10.1. The van der Waals surface area contributed by atoms with Gasteiger partial charge in [-0.2, -0.15) is 0 Å². The molecule has 1 aromatic heterocycles. The molecule has 7 heteroatoms. The molecular formula is C23H28N4O2S. The Morgan fingerprint density at radius 1 is 1.10 bits per heavy atom. The van der Waals surface area contributed by atoms with Crippen LogP contribution in [-0.4, -0.2) is 46.2 Å². The van der Waals surface area contributed by atoms with Crippen LogP contribution < -0.4 is 5.32 Å². The Morgan fingerprint density at radius 3 is 2.50 bits per heavy atom. The quantitative estimate of drug-likeness (QED) is 0.474. The van der Waals surface area contributed by atoms with Crippen molar-refractivity contribution in [1.82, 2.24) is 20.1 Å². The van der Waals surface area contributed by atoms with Gasteiger partial charge in [0, 0.05) is 18.7 Å². The van der Waals surface area contributed by atoms with Crippen molar-refractivity contribution in [3.8, 4) is 11.4 Å². The van der Waals surface area contributed by atoms with E-state index in [9.17, 15) is 4.79 Å². The molecule has 0 saturated heterocycles. The molecule has 1 heterocycles. The lowest BCUT2D eigenvalue weighted by Gasteiger charge is -2.14. The van der Waals surface area contributed by atoms with Gasteiger partial charge in [-0.3, -0.25) is 9.36 Å². The molecule has 0 unspecified atom stereocenters. The summed E-state index contributed by atoms with van der Waals surface area (Å²) >= 11 is 1.40. The van der Waals surface area contributed by atoms with Crippen LogP contribution in [-0.2, 0) is 22.5 Å². The van der Waals surface area contributed by atoms with E-state index in [1.54, 1.807) is 7.11 Å². The highest BCUT2D eigenvalue weighted by Gasteiger charge is 2.16. The molecular weight excluding hydrogens is 396 g/mol. The number of benzene rings is 2. The maximum Gasteiger partial charge on any atom is 0.230 e. The number of aryl methyl sites for hydroxylation is 1. The normalized spacial score (nSPS) is 11.9. The third-order valence-corrected chi connectivity index (χ3v) is 5.68. The first kappa shape index (κ1) is 22.1. The van der Waals surface area contributed by atoms with Gasteiger partial charge in [0.15, 0.2) is 11.0 Å². The van der Waals surface area contributed by atoms with Crippen molar-refractivity contribution in [3.63, 3.8) is 0 Å². The second-order valence-corrected chi connectivity index (χ2v) is 8.04. The van der Waals surface area contributed by atoms with Gasteiger partial charge in [-0.15, -0.1) is 10.2 Å². The number of thioether (sulfide) groups is 1. The summed E-state index contributed by atoms with van der Waals surface area (Å²) in [6, 6.07) is 20.4. The summed E-state index contributed by atoms with van der Waals surface area (Å²) in [5.74, 6) is 1.09. The van der Waals surface area contributed by atoms with Crippen molar-refractivity contribution in [2.75, 3.05) is 19.5 Å². The highest BCUT2D eigenvalue weighted by atomic mass is 32.2. The molecule has 0 bridgehead atoms. The highest BCUT2D eigenvalue weighted by Crippen LogP contribution is 2.23. The lowest BCUT2D eigenvalue weighted by Crippen LogP contribution is -2.34. The van der Waals surface area contributed by atoms with E-state index < -0.39 is 0 Å². The van der Waals surface area contributed by atoms with Crippen LogP contribution in [0.3, 0.4) is 0 Å². The molecule has 3 aromatic rings. The molecule has 1 N–H and O–H groups in total. The topological polar surface area (TPSA) is 69.0 Å². The monoisotopic (exact) mass is 424 g/mol. The first-order valence-corrected chi connectivity index (χ1v) is 11.1. The van der Waals surface area contributed by atoms with Crippen molar-refractivity contribution < 1.29 is 9.53 Å². The minimum Gasteiger partial charge on any atom is -0.383 e. The number of nitrogens with zero attached hydrogens (tertiary/aromatic N) is 3. The largest absolute Gasteiger partial charge is 0.383 e. The molecule has 30 heavy (non-hydrogen) atoms. The van der Waals surface area contributed by atoms with Crippen molar-refractivity contribution in [2.45, 2.75) is 37.5 Å². The van der Waals surface area contributed by atoms with Crippen LogP contribution in [0, 0.1) is 0 Å². The van der Waals surface area contributed by atoms with Crippen molar-refractivity contribution in [2.24, 2.45) is 0 Å². The summed E-state index contributed by atoms with van der Waals surface area (Å²) in [5.41, 5.74) is 2.28. The number of carbonyl (C=O) groups excluding carboxylic acids is 1. The van der Waals surface area contributed by atoms with Gasteiger partial charge < -0.3 is 10.1 Å². The van der Waals surface area contributed by atoms with Gasteiger partial charge in [0.1, 0.15) is 0 Å². The molecule has 1 amide bonds. The Morgan fingerprint density at radius 2 is 1.80 bits per heavy atom. The van der Waals surface area contributed by atoms with Gasteiger partial charge in [0.05, 0.1) is 18.9 Å². The van der Waals surface area contributed by atoms with Gasteiger partial charge in [-0.05, 0) is 25.3 Å². The molecule has 0 saturated carbocycles. The lowest BCUT2D eigenvalue weighted by molar-refractivity contribution is -0.119. The molecule has 0 aliphatic carbocycles. The Labute approximate surface area is 182 Å². The summed E-state index contributed by atoms with van der Waals surface area (Å²) in [6.45, 7) is 3.22. The first-order chi connectivity index (χ1) is 14.7. The van der Waals surface area contributed by atoms with Crippen molar-refractivity contribution in [1.29, 1.82) is 0 Å². The zero-order valence-corrected chi connectivity index (χ0v) is 18.3. The van der Waals surface area contributed by atoms with Crippen molar-refractivity contribution >= 4 is 17.7 Å². The van der Waals surface area contributed by atoms with Crippen LogP contribution in [0.1, 0.15) is 18.9 Å². The van der Waals surface area contributed by atoms with Gasteiger partial charge in [0.25, 0.3) is 0 Å². The summed E-state index contributed by atoms with van der Waals surface area (Å²) in [7, 11) is 1.67. The van der Waals surface area contributed by atoms with Crippen LogP contribution in [0.4, 0.5) is 0 Å². The van der Waals surface area contributed by atoms with Gasteiger partial charge in [-0.1, -0.05) is 72.4 Å². The Bertz CT molecular complexity index is 915. The summed E-state index contributed by atoms with van der Waals surface area (Å²) in [4.78, 5) is 12.4. The molecule has 3 rings (SSSR count). The average molecular weight is 425 g/mol. The molecule has 158 valence electrons. The Hall–Kier alpha value is -2.64. The van der Waals surface area contributed by atoms with Crippen LogP contribution in [0.2, 0.25) is 0 Å². The number of hydrogen-bond donors (Lipinski definition) is 1. The third-order valence-electron chi connectivity index (χ3n) is 4.72. The molecule has 0 aliphatic rings. The van der Waals surface area contributed by atoms with E-state index in [-0.39, 0.29) is 11.9 Å². The standard InChI is InChI=1S/C23H28N4O2S/c1-18(13-14-19-9-5-3-6-10-19)24-21(28)17-30-23-26-25-22(27(23)15-16-29-2)20-11-7-4-8-12-20/h3-12,18H,13-17H2,1-2H3,(H,24,28)/t18-/m0/s1. The second-order valence-electron chi connectivity index (χ2n) is 7.10. The van der Waals surface area contributed by atoms with Crippen LogP contribution in [0.5, 0.6) is 0 Å². The number of carbonyl (C=O) groups is 1. The fourth-order valence-electron chi connectivity index (χ4n) is 3.13. The van der Waals surface area contributed by atoms with Crippen LogP contribution in [0.15, 0.2) is 65.8 Å². The SMILES string of the molecule is COCCn1c(SCC(=O)N[C@@H](C)CCc2ccccc2)nnc1-c1ccccc1. The van der Waals surface area contributed by atoms with E-state index in [4.69, 9.17) is 4.74 Å². The van der Waals surface area contributed by atoms with Crippen molar-refractivity contribution in [3.05, 3.63) is 66.2 Å². The minimum absolute atomic E-state index is 0.00288. The van der Waals surface area contributed by atoms with E-state index in [1.807, 2.05) is 60.0 Å². The van der Waals surface area contributed by atoms with Gasteiger partial charge in [0.2, 0.25) is 5.91 Å². The molecule has 0 fully saturated rings. The lowest BCUT2D eigenvalue weighted by atomic mass is 10.1. The number of aromatic nitrogens is 3. The summed E-state index contributed by atoms with van der Waals surface area (Å²) in [6.07, 6.45) is 1.85. The number of hydrogen-bond acceptors (Lipinski definition) is 5. The van der Waals surface area contributed by atoms with E-state index in [0.29, 0.717) is 18.9 Å². The summed E-state index contributed by atoms with van der Waals surface area (Å²) in [5, 5.41) is 12.5. The number of ether oxygens (including phenoxy) is 1. The number of methoxy groups -OCH3 is 1. The predicted molar refractivity (Wildman–Crippen MR) is 120 cm³/mol. The molecule has 0 aliphatic heterocycles. The zero-order valence-electron chi connectivity index (χ0n) is 17.5. The van der Waals surface area contributed by atoms with E-state index >= 15 is 0 Å². The van der Waals surface area contributed by atoms with Gasteiger partial charge in [-0.25, -0.2) is 0 Å². The zero-order chi connectivity index (χ0) is 21.2. The average Bonchev–Trinajstić information content (AvgIpc) is 3.19. The molecule has 1 atom stereocenters. The Kier molecular flexibility index (Phi) is 8.47. The van der Waals surface area contributed by atoms with E-state index in [2.05, 4.69) is 27.6 Å². The molecule has 2 aromatic carbocycles. The number of amides is 1. The predicted octanol–water partition coefficient (Wildman–Crippen LogP) is 3.82. The fourth-order valence-corrected chi connectivity index (χ4v) is 3.90. The van der Waals surface area contributed by atoms with Crippen LogP contribution >= 0.6 is 11.8 Å². The maximum absolute atomic E-state index is 12.4. The Balaban J connectivity index is 1.55. The highest BCUT2D eigenvalue weighted by molar-refractivity contribution is 7.99. The second kappa shape index (κ2) is 11.5. The molecule has 0 spiro atoms. The smallest absolute Gasteiger partial charge is 0.230 e. The molecule has 0 radical (unpaired) electrons. The number of nitrogens with one attached hydrogen (secondary N) is 1.